The molecule has 20 heavy (non-hydrogen) atoms. The van der Waals surface area contributed by atoms with Crippen LogP contribution in [-0.2, 0) is 6.42 Å². The normalized spacial score (nSPS) is 10.8. The highest BCUT2D eigenvalue weighted by Gasteiger charge is 2.07. The van der Waals surface area contributed by atoms with Gasteiger partial charge in [-0.15, -0.1) is 0 Å². The van der Waals surface area contributed by atoms with Gasteiger partial charge < -0.3 is 16.0 Å². The number of aryl methyl sites for hydroxylation is 1. The summed E-state index contributed by atoms with van der Waals surface area (Å²) in [7, 11) is 0. The molecule has 0 aliphatic heterocycles. The van der Waals surface area contributed by atoms with Crippen molar-refractivity contribution in [3.63, 3.8) is 0 Å². The van der Waals surface area contributed by atoms with Crippen molar-refractivity contribution in [2.24, 2.45) is 0 Å². The molecule has 0 aliphatic rings. The Morgan fingerprint density at radius 3 is 2.65 bits per heavy atom. The van der Waals surface area contributed by atoms with Gasteiger partial charge in [-0.25, -0.2) is 0 Å². The fourth-order valence-electron chi connectivity index (χ4n) is 2.64. The van der Waals surface area contributed by atoms with E-state index >= 15 is 0 Å². The third-order valence-electron chi connectivity index (χ3n) is 3.68. The molecule has 0 spiro atoms. The first-order valence-corrected chi connectivity index (χ1v) is 6.90. The molecule has 0 radical (unpaired) electrons. The standard InChI is InChI=1S/C17H19N3/c1-12-13(14-6-2-4-8-16(14)20-12)10-11-19-17-9-5-3-7-15(17)18/h2-9,19-20H,10-11,18H2,1H3. The number of para-hydroxylation sites is 3. The molecule has 0 unspecified atom stereocenters. The van der Waals surface area contributed by atoms with Crippen LogP contribution < -0.4 is 11.1 Å². The molecule has 0 bridgehead atoms. The molecule has 1 aromatic heterocycles. The van der Waals surface area contributed by atoms with Gasteiger partial charge in [-0.2, -0.15) is 0 Å². The lowest BCUT2D eigenvalue weighted by molar-refractivity contribution is 1.01. The number of benzene rings is 2. The van der Waals surface area contributed by atoms with Crippen LogP contribution in [0.4, 0.5) is 11.4 Å². The minimum absolute atomic E-state index is 0.795. The summed E-state index contributed by atoms with van der Waals surface area (Å²) in [6.07, 6.45) is 0.976. The van der Waals surface area contributed by atoms with E-state index < -0.39 is 0 Å². The lowest BCUT2D eigenvalue weighted by atomic mass is 10.1. The first-order valence-electron chi connectivity index (χ1n) is 6.90. The minimum Gasteiger partial charge on any atom is -0.397 e. The van der Waals surface area contributed by atoms with Crippen LogP contribution in [0.5, 0.6) is 0 Å². The molecule has 4 N–H and O–H groups in total. The Morgan fingerprint density at radius 1 is 1.05 bits per heavy atom. The van der Waals surface area contributed by atoms with Gasteiger partial charge in [-0.3, -0.25) is 0 Å². The number of nitrogens with two attached hydrogens (primary N) is 1. The number of rotatable bonds is 4. The molecule has 0 saturated heterocycles. The number of nitrogens with one attached hydrogen (secondary N) is 2. The van der Waals surface area contributed by atoms with Gasteiger partial charge in [-0.05, 0) is 37.1 Å². The Hall–Kier alpha value is -2.42. The van der Waals surface area contributed by atoms with Gasteiger partial charge in [0.05, 0.1) is 11.4 Å². The summed E-state index contributed by atoms with van der Waals surface area (Å²) in [5, 5.41) is 4.72. The molecule has 0 saturated carbocycles. The van der Waals surface area contributed by atoms with Crippen molar-refractivity contribution >= 4 is 22.3 Å². The molecule has 2 aromatic carbocycles. The number of fused-ring (bicyclic) bond motifs is 1. The summed E-state index contributed by atoms with van der Waals surface area (Å²) >= 11 is 0. The molecule has 102 valence electrons. The van der Waals surface area contributed by atoms with E-state index in [0.29, 0.717) is 0 Å². The van der Waals surface area contributed by atoms with Crippen molar-refractivity contribution in [2.45, 2.75) is 13.3 Å². The van der Waals surface area contributed by atoms with Crippen molar-refractivity contribution < 1.29 is 0 Å². The smallest absolute Gasteiger partial charge is 0.0574 e. The molecule has 3 rings (SSSR count). The SMILES string of the molecule is Cc1[nH]c2ccccc2c1CCNc1ccccc1N. The third kappa shape index (κ3) is 2.35. The summed E-state index contributed by atoms with van der Waals surface area (Å²) in [5.74, 6) is 0. The van der Waals surface area contributed by atoms with E-state index in [4.69, 9.17) is 5.73 Å². The second kappa shape index (κ2) is 5.29. The highest BCUT2D eigenvalue weighted by Crippen LogP contribution is 2.23. The average molecular weight is 265 g/mol. The Balaban J connectivity index is 1.74. The molecule has 1 heterocycles. The average Bonchev–Trinajstić information content (AvgIpc) is 2.77. The second-order valence-corrected chi connectivity index (χ2v) is 5.04. The van der Waals surface area contributed by atoms with Crippen LogP contribution in [0, 0.1) is 6.92 Å². The summed E-state index contributed by atoms with van der Waals surface area (Å²) < 4.78 is 0. The number of aromatic nitrogens is 1. The number of aromatic amines is 1. The van der Waals surface area contributed by atoms with Gasteiger partial charge in [0.25, 0.3) is 0 Å². The van der Waals surface area contributed by atoms with Crippen molar-refractivity contribution in [1.29, 1.82) is 0 Å². The van der Waals surface area contributed by atoms with Crippen LogP contribution in [0.1, 0.15) is 11.3 Å². The Bertz CT molecular complexity index is 728. The van der Waals surface area contributed by atoms with E-state index in [0.717, 1.165) is 24.3 Å². The zero-order chi connectivity index (χ0) is 13.9. The van der Waals surface area contributed by atoms with Crippen molar-refractivity contribution in [3.05, 3.63) is 59.8 Å². The van der Waals surface area contributed by atoms with Gasteiger partial charge in [0.2, 0.25) is 0 Å². The molecule has 3 heteroatoms. The van der Waals surface area contributed by atoms with Crippen molar-refractivity contribution in [3.8, 4) is 0 Å². The minimum atomic E-state index is 0.795. The summed E-state index contributed by atoms with van der Waals surface area (Å²) in [4.78, 5) is 3.43. The first kappa shape index (κ1) is 12.6. The zero-order valence-electron chi connectivity index (χ0n) is 11.6. The van der Waals surface area contributed by atoms with E-state index in [1.54, 1.807) is 0 Å². The first-order chi connectivity index (χ1) is 9.75. The molecular formula is C17H19N3. The molecule has 0 aliphatic carbocycles. The molecule has 3 aromatic rings. The van der Waals surface area contributed by atoms with E-state index in [1.165, 1.54) is 22.2 Å². The second-order valence-electron chi connectivity index (χ2n) is 5.04. The van der Waals surface area contributed by atoms with Gasteiger partial charge in [0.15, 0.2) is 0 Å². The van der Waals surface area contributed by atoms with Crippen molar-refractivity contribution in [1.82, 2.24) is 4.98 Å². The molecular weight excluding hydrogens is 246 g/mol. The predicted molar refractivity (Wildman–Crippen MR) is 86.1 cm³/mol. The van der Waals surface area contributed by atoms with Crippen LogP contribution in [0.3, 0.4) is 0 Å². The van der Waals surface area contributed by atoms with Gasteiger partial charge >= 0.3 is 0 Å². The Morgan fingerprint density at radius 2 is 1.80 bits per heavy atom. The van der Waals surface area contributed by atoms with E-state index in [-0.39, 0.29) is 0 Å². The van der Waals surface area contributed by atoms with Crippen LogP contribution >= 0.6 is 0 Å². The molecule has 3 nitrogen and oxygen atoms in total. The lowest BCUT2D eigenvalue weighted by Crippen LogP contribution is -2.07. The van der Waals surface area contributed by atoms with Crippen molar-refractivity contribution in [2.75, 3.05) is 17.6 Å². The molecule has 0 amide bonds. The lowest BCUT2D eigenvalue weighted by Gasteiger charge is -2.09. The van der Waals surface area contributed by atoms with Gasteiger partial charge in [-0.1, -0.05) is 30.3 Å². The highest BCUT2D eigenvalue weighted by molar-refractivity contribution is 5.84. The zero-order valence-corrected chi connectivity index (χ0v) is 11.6. The van der Waals surface area contributed by atoms with Crippen LogP contribution in [0.25, 0.3) is 10.9 Å². The van der Waals surface area contributed by atoms with Crippen LogP contribution in [-0.4, -0.2) is 11.5 Å². The fraction of sp³-hybridized carbons (Fsp3) is 0.176. The van der Waals surface area contributed by atoms with E-state index in [9.17, 15) is 0 Å². The number of nitrogen functional groups attached to an aromatic ring is 1. The Kier molecular flexibility index (Phi) is 3.33. The summed E-state index contributed by atoms with van der Waals surface area (Å²) in [6.45, 7) is 3.00. The molecule has 0 atom stereocenters. The topological polar surface area (TPSA) is 53.8 Å². The monoisotopic (exact) mass is 265 g/mol. The van der Waals surface area contributed by atoms with Gasteiger partial charge in [0.1, 0.15) is 0 Å². The van der Waals surface area contributed by atoms with Crippen LogP contribution in [0.2, 0.25) is 0 Å². The highest BCUT2D eigenvalue weighted by atomic mass is 14.9. The number of hydrogen-bond acceptors (Lipinski definition) is 2. The number of hydrogen-bond donors (Lipinski definition) is 3. The maximum Gasteiger partial charge on any atom is 0.0574 e. The summed E-state index contributed by atoms with van der Waals surface area (Å²) in [6, 6.07) is 16.3. The predicted octanol–water partition coefficient (Wildman–Crippen LogP) is 3.71. The largest absolute Gasteiger partial charge is 0.397 e. The fourth-order valence-corrected chi connectivity index (χ4v) is 2.64. The maximum absolute atomic E-state index is 5.93. The molecule has 0 fully saturated rings. The van der Waals surface area contributed by atoms with Crippen LogP contribution in [0.15, 0.2) is 48.5 Å². The maximum atomic E-state index is 5.93. The number of H-pyrrole nitrogens is 1. The summed E-state index contributed by atoms with van der Waals surface area (Å²) in [5.41, 5.74) is 11.6. The van der Waals surface area contributed by atoms with E-state index in [1.807, 2.05) is 24.3 Å². The third-order valence-corrected chi connectivity index (χ3v) is 3.68. The number of anilines is 2. The quantitative estimate of drug-likeness (QED) is 0.630. The Labute approximate surface area is 118 Å². The van der Waals surface area contributed by atoms with Gasteiger partial charge in [0, 0.05) is 23.1 Å². The van der Waals surface area contributed by atoms with E-state index in [2.05, 4.69) is 41.5 Å².